The Hall–Kier alpha value is -3.43. The number of carboxylic acids is 1. The topological polar surface area (TPSA) is 88.8 Å². The number of thiocarbonyl (C=S) groups is 1. The fourth-order valence-corrected chi connectivity index (χ4v) is 4.83. The van der Waals surface area contributed by atoms with Gasteiger partial charge >= 0.3 is 11.9 Å². The van der Waals surface area contributed by atoms with Crippen LogP contribution < -0.4 is 4.90 Å². The standard InChI is InChI=1S/C23H18N2O5S2/c1-13(22(29)30-2)24-12-15(17-5-3-4-6-18(17)24)11-19-20(26)25(23(31)32-19)16-9-7-14(8-10-16)21(27)28/h3-13H,1-2H3,(H,27,28). The molecule has 2 aromatic carbocycles. The van der Waals surface area contributed by atoms with Gasteiger partial charge in [-0.25, -0.2) is 9.59 Å². The second-order valence-corrected chi connectivity index (χ2v) is 8.75. The number of rotatable bonds is 5. The highest BCUT2D eigenvalue weighted by atomic mass is 32.2. The molecule has 1 saturated heterocycles. The van der Waals surface area contributed by atoms with E-state index in [4.69, 9.17) is 22.1 Å². The molecule has 1 N–H and O–H groups in total. The van der Waals surface area contributed by atoms with Gasteiger partial charge in [0.1, 0.15) is 6.04 Å². The summed E-state index contributed by atoms with van der Waals surface area (Å²) in [6.07, 6.45) is 3.58. The van der Waals surface area contributed by atoms with Gasteiger partial charge in [-0.2, -0.15) is 0 Å². The van der Waals surface area contributed by atoms with Crippen LogP contribution in [-0.2, 0) is 14.3 Å². The van der Waals surface area contributed by atoms with Crippen molar-refractivity contribution in [2.75, 3.05) is 12.0 Å². The van der Waals surface area contributed by atoms with E-state index in [1.807, 2.05) is 35.0 Å². The molecular formula is C23H18N2O5S2. The number of para-hydroxylation sites is 1. The van der Waals surface area contributed by atoms with E-state index in [9.17, 15) is 14.4 Å². The predicted molar refractivity (Wildman–Crippen MR) is 128 cm³/mol. The first-order valence-electron chi connectivity index (χ1n) is 9.60. The molecule has 0 aliphatic carbocycles. The van der Waals surface area contributed by atoms with Crippen LogP contribution in [0.2, 0.25) is 0 Å². The third kappa shape index (κ3) is 3.80. The first-order valence-corrected chi connectivity index (χ1v) is 10.8. The Balaban J connectivity index is 1.72. The van der Waals surface area contributed by atoms with Gasteiger partial charge in [-0.05, 0) is 43.3 Å². The van der Waals surface area contributed by atoms with Crippen molar-refractivity contribution in [3.8, 4) is 0 Å². The number of anilines is 1. The maximum atomic E-state index is 13.1. The summed E-state index contributed by atoms with van der Waals surface area (Å²) in [6, 6.07) is 13.0. The minimum absolute atomic E-state index is 0.127. The lowest BCUT2D eigenvalue weighted by atomic mass is 10.1. The van der Waals surface area contributed by atoms with Gasteiger partial charge in [-0.15, -0.1) is 0 Å². The molecule has 9 heteroatoms. The summed E-state index contributed by atoms with van der Waals surface area (Å²) in [4.78, 5) is 38.1. The van der Waals surface area contributed by atoms with Crippen LogP contribution in [0.4, 0.5) is 5.69 Å². The van der Waals surface area contributed by atoms with Crippen molar-refractivity contribution < 1.29 is 24.2 Å². The molecule has 7 nitrogen and oxygen atoms in total. The van der Waals surface area contributed by atoms with Crippen LogP contribution in [0.3, 0.4) is 0 Å². The number of aromatic nitrogens is 1. The van der Waals surface area contributed by atoms with Crippen LogP contribution in [0.25, 0.3) is 17.0 Å². The molecule has 1 amide bonds. The second kappa shape index (κ2) is 8.60. The van der Waals surface area contributed by atoms with Gasteiger partial charge in [0, 0.05) is 22.7 Å². The molecule has 0 saturated carbocycles. The van der Waals surface area contributed by atoms with Crippen molar-refractivity contribution in [2.45, 2.75) is 13.0 Å². The fraction of sp³-hybridized carbons (Fsp3) is 0.130. The van der Waals surface area contributed by atoms with E-state index in [2.05, 4.69) is 0 Å². The molecule has 1 atom stereocenters. The summed E-state index contributed by atoms with van der Waals surface area (Å²) in [7, 11) is 1.35. The fourth-order valence-electron chi connectivity index (χ4n) is 3.54. The molecule has 1 aliphatic rings. The van der Waals surface area contributed by atoms with E-state index in [0.717, 1.165) is 16.5 Å². The molecule has 0 radical (unpaired) electrons. The number of amides is 1. The van der Waals surface area contributed by atoms with Crippen LogP contribution >= 0.6 is 24.0 Å². The number of carbonyl (C=O) groups excluding carboxylic acids is 2. The number of carbonyl (C=O) groups is 3. The quantitative estimate of drug-likeness (QED) is 0.337. The molecule has 1 aliphatic heterocycles. The van der Waals surface area contributed by atoms with Gasteiger partial charge in [0.05, 0.1) is 23.3 Å². The predicted octanol–water partition coefficient (Wildman–Crippen LogP) is 4.48. The van der Waals surface area contributed by atoms with E-state index in [0.29, 0.717) is 14.9 Å². The Kier molecular flexibility index (Phi) is 5.86. The number of hydrogen-bond donors (Lipinski definition) is 1. The molecular weight excluding hydrogens is 448 g/mol. The van der Waals surface area contributed by atoms with Gasteiger partial charge in [0.15, 0.2) is 4.32 Å². The van der Waals surface area contributed by atoms with Crippen LogP contribution in [0, 0.1) is 0 Å². The normalized spacial score (nSPS) is 16.1. The SMILES string of the molecule is COC(=O)C(C)n1cc(C=C2SC(=S)N(c3ccc(C(=O)O)cc3)C2=O)c2ccccc21. The van der Waals surface area contributed by atoms with Gasteiger partial charge in [-0.1, -0.05) is 42.2 Å². The molecule has 0 spiro atoms. The number of ether oxygens (including phenoxy) is 1. The summed E-state index contributed by atoms with van der Waals surface area (Å²) in [5, 5.41) is 9.97. The number of benzene rings is 2. The van der Waals surface area contributed by atoms with Crippen molar-refractivity contribution in [2.24, 2.45) is 0 Å². The Morgan fingerprint density at radius 1 is 1.16 bits per heavy atom. The maximum Gasteiger partial charge on any atom is 0.335 e. The average molecular weight is 467 g/mol. The Bertz CT molecular complexity index is 1290. The Labute approximate surface area is 193 Å². The number of thioether (sulfide) groups is 1. The Morgan fingerprint density at radius 3 is 2.50 bits per heavy atom. The van der Waals surface area contributed by atoms with E-state index in [-0.39, 0.29) is 17.4 Å². The van der Waals surface area contributed by atoms with Crippen molar-refractivity contribution in [3.63, 3.8) is 0 Å². The minimum Gasteiger partial charge on any atom is -0.478 e. The summed E-state index contributed by atoms with van der Waals surface area (Å²) >= 11 is 6.59. The second-order valence-electron chi connectivity index (χ2n) is 7.08. The van der Waals surface area contributed by atoms with Gasteiger partial charge < -0.3 is 14.4 Å². The first kappa shape index (κ1) is 21.8. The summed E-state index contributed by atoms with van der Waals surface area (Å²) in [6.45, 7) is 1.75. The first-order chi connectivity index (χ1) is 15.3. The zero-order valence-electron chi connectivity index (χ0n) is 17.1. The molecule has 1 unspecified atom stereocenters. The molecule has 32 heavy (non-hydrogen) atoms. The number of fused-ring (bicyclic) bond motifs is 1. The molecule has 162 valence electrons. The van der Waals surface area contributed by atoms with Crippen LogP contribution in [0.5, 0.6) is 0 Å². The van der Waals surface area contributed by atoms with Gasteiger partial charge in [0.2, 0.25) is 0 Å². The maximum absolute atomic E-state index is 13.1. The lowest BCUT2D eigenvalue weighted by Gasteiger charge is -2.14. The Morgan fingerprint density at radius 2 is 1.84 bits per heavy atom. The number of methoxy groups -OCH3 is 1. The van der Waals surface area contributed by atoms with Crippen LogP contribution in [0.15, 0.2) is 59.6 Å². The smallest absolute Gasteiger partial charge is 0.335 e. The van der Waals surface area contributed by atoms with Crippen molar-refractivity contribution in [3.05, 3.63) is 70.8 Å². The summed E-state index contributed by atoms with van der Waals surface area (Å²) in [5.74, 6) is -1.70. The van der Waals surface area contributed by atoms with E-state index < -0.39 is 12.0 Å². The zero-order valence-corrected chi connectivity index (χ0v) is 18.8. The van der Waals surface area contributed by atoms with Crippen LogP contribution in [0.1, 0.15) is 28.9 Å². The number of esters is 1. The van der Waals surface area contributed by atoms with E-state index in [1.165, 1.54) is 35.9 Å². The molecule has 4 rings (SSSR count). The lowest BCUT2D eigenvalue weighted by molar-refractivity contribution is -0.143. The molecule has 2 heterocycles. The number of nitrogens with zero attached hydrogens (tertiary/aromatic N) is 2. The van der Waals surface area contributed by atoms with Gasteiger partial charge in [0.25, 0.3) is 5.91 Å². The average Bonchev–Trinajstić information content (AvgIpc) is 3.29. The molecule has 0 bridgehead atoms. The highest BCUT2D eigenvalue weighted by Gasteiger charge is 2.33. The van der Waals surface area contributed by atoms with Crippen molar-refractivity contribution >= 4 is 68.8 Å². The number of aromatic carboxylic acids is 1. The largest absolute Gasteiger partial charge is 0.478 e. The minimum atomic E-state index is -1.04. The van der Waals surface area contributed by atoms with Gasteiger partial charge in [-0.3, -0.25) is 9.69 Å². The van der Waals surface area contributed by atoms with E-state index >= 15 is 0 Å². The number of hydrogen-bond acceptors (Lipinski definition) is 6. The highest BCUT2D eigenvalue weighted by molar-refractivity contribution is 8.27. The summed E-state index contributed by atoms with van der Waals surface area (Å²) in [5.41, 5.74) is 2.25. The third-order valence-corrected chi connectivity index (χ3v) is 6.49. The van der Waals surface area contributed by atoms with Crippen molar-refractivity contribution in [1.82, 2.24) is 4.57 Å². The molecule has 3 aromatic rings. The molecule has 1 aromatic heterocycles. The van der Waals surface area contributed by atoms with E-state index in [1.54, 1.807) is 25.1 Å². The lowest BCUT2D eigenvalue weighted by Crippen LogP contribution is -2.27. The monoisotopic (exact) mass is 466 g/mol. The van der Waals surface area contributed by atoms with Crippen molar-refractivity contribution in [1.29, 1.82) is 0 Å². The molecule has 1 fully saturated rings. The van der Waals surface area contributed by atoms with Crippen LogP contribution in [-0.4, -0.2) is 38.9 Å². The zero-order chi connectivity index (χ0) is 23.0. The summed E-state index contributed by atoms with van der Waals surface area (Å²) < 4.78 is 7.06. The highest BCUT2D eigenvalue weighted by Crippen LogP contribution is 2.37. The number of carboxylic acid groups (broad SMARTS) is 1. The third-order valence-electron chi connectivity index (χ3n) is 5.18.